The first-order chi connectivity index (χ1) is 13.1. The molecule has 2 aliphatic rings. The first-order valence-electron chi connectivity index (χ1n) is 9.03. The van der Waals surface area contributed by atoms with Crippen molar-refractivity contribution in [2.45, 2.75) is 25.5 Å². The number of aromatic amines is 1. The second kappa shape index (κ2) is 5.61. The molecule has 6 nitrogen and oxygen atoms in total. The third-order valence-corrected chi connectivity index (χ3v) is 5.46. The van der Waals surface area contributed by atoms with Crippen LogP contribution in [-0.4, -0.2) is 33.8 Å². The number of carbonyl (C=O) groups excluding carboxylic acids is 2. The summed E-state index contributed by atoms with van der Waals surface area (Å²) in [4.78, 5) is 31.1. The quantitative estimate of drug-likeness (QED) is 0.655. The molecule has 0 bridgehead atoms. The van der Waals surface area contributed by atoms with Gasteiger partial charge in [0.2, 0.25) is 0 Å². The highest BCUT2D eigenvalue weighted by molar-refractivity contribution is 6.15. The SMILES string of the molecule is CC1(C(=O)N2CCc3[nH]c4ccccc4c3C2)Oc2ccccc2NC1=O. The number of hydrogen-bond acceptors (Lipinski definition) is 3. The molecule has 2 aromatic carbocycles. The number of aromatic nitrogens is 1. The number of para-hydroxylation sites is 3. The van der Waals surface area contributed by atoms with Gasteiger partial charge in [-0.3, -0.25) is 9.59 Å². The summed E-state index contributed by atoms with van der Waals surface area (Å²) in [5, 5.41) is 3.92. The Morgan fingerprint density at radius 2 is 1.93 bits per heavy atom. The highest BCUT2D eigenvalue weighted by atomic mass is 16.5. The molecular weight excluding hydrogens is 342 g/mol. The van der Waals surface area contributed by atoms with E-state index in [9.17, 15) is 9.59 Å². The van der Waals surface area contributed by atoms with E-state index in [2.05, 4.69) is 16.4 Å². The van der Waals surface area contributed by atoms with Crippen LogP contribution in [0.25, 0.3) is 10.9 Å². The number of H-pyrrole nitrogens is 1. The van der Waals surface area contributed by atoms with Gasteiger partial charge in [0.25, 0.3) is 17.4 Å². The minimum Gasteiger partial charge on any atom is -0.466 e. The lowest BCUT2D eigenvalue weighted by molar-refractivity contribution is -0.155. The molecule has 2 amide bonds. The summed E-state index contributed by atoms with van der Waals surface area (Å²) >= 11 is 0. The van der Waals surface area contributed by atoms with Crippen LogP contribution in [0.2, 0.25) is 0 Å². The smallest absolute Gasteiger partial charge is 0.278 e. The lowest BCUT2D eigenvalue weighted by Crippen LogP contribution is -2.60. The van der Waals surface area contributed by atoms with E-state index >= 15 is 0 Å². The van der Waals surface area contributed by atoms with Crippen LogP contribution in [0.3, 0.4) is 0 Å². The molecule has 0 aliphatic carbocycles. The monoisotopic (exact) mass is 361 g/mol. The molecule has 0 saturated heterocycles. The average Bonchev–Trinajstić information content (AvgIpc) is 3.06. The van der Waals surface area contributed by atoms with E-state index in [0.29, 0.717) is 24.5 Å². The minimum absolute atomic E-state index is 0.314. The van der Waals surface area contributed by atoms with Crippen molar-refractivity contribution >= 4 is 28.4 Å². The topological polar surface area (TPSA) is 74.4 Å². The second-order valence-electron chi connectivity index (χ2n) is 7.19. The maximum Gasteiger partial charge on any atom is 0.278 e. The number of hydrogen-bond donors (Lipinski definition) is 2. The largest absolute Gasteiger partial charge is 0.466 e. The third-order valence-electron chi connectivity index (χ3n) is 5.46. The number of ether oxygens (including phenoxy) is 1. The summed E-state index contributed by atoms with van der Waals surface area (Å²) in [5.74, 6) is -0.237. The molecular formula is C21H19N3O3. The number of benzene rings is 2. The zero-order valence-corrected chi connectivity index (χ0v) is 14.9. The van der Waals surface area contributed by atoms with Crippen LogP contribution in [0.1, 0.15) is 18.2 Å². The summed E-state index contributed by atoms with van der Waals surface area (Å²) in [6, 6.07) is 15.2. The fourth-order valence-electron chi connectivity index (χ4n) is 3.95. The van der Waals surface area contributed by atoms with Crippen LogP contribution >= 0.6 is 0 Å². The van der Waals surface area contributed by atoms with Gasteiger partial charge in [0, 0.05) is 41.7 Å². The molecule has 27 heavy (non-hydrogen) atoms. The highest BCUT2D eigenvalue weighted by Crippen LogP contribution is 2.35. The van der Waals surface area contributed by atoms with Gasteiger partial charge in [-0.1, -0.05) is 30.3 Å². The van der Waals surface area contributed by atoms with Gasteiger partial charge in [0.05, 0.1) is 5.69 Å². The molecule has 0 saturated carbocycles. The van der Waals surface area contributed by atoms with E-state index < -0.39 is 11.5 Å². The van der Waals surface area contributed by atoms with Gasteiger partial charge < -0.3 is 19.9 Å². The summed E-state index contributed by atoms with van der Waals surface area (Å²) in [7, 11) is 0. The lowest BCUT2D eigenvalue weighted by atomic mass is 9.97. The Bertz CT molecular complexity index is 1090. The van der Waals surface area contributed by atoms with Crippen molar-refractivity contribution in [3.05, 3.63) is 59.8 Å². The van der Waals surface area contributed by atoms with Crippen LogP contribution in [-0.2, 0) is 22.6 Å². The number of nitrogens with zero attached hydrogens (tertiary/aromatic N) is 1. The molecule has 1 atom stereocenters. The molecule has 2 N–H and O–H groups in total. The summed E-state index contributed by atoms with van der Waals surface area (Å²) < 4.78 is 5.89. The number of fused-ring (bicyclic) bond motifs is 4. The Hall–Kier alpha value is -3.28. The van der Waals surface area contributed by atoms with Crippen molar-refractivity contribution < 1.29 is 14.3 Å². The maximum atomic E-state index is 13.3. The van der Waals surface area contributed by atoms with Gasteiger partial charge in [-0.15, -0.1) is 0 Å². The average molecular weight is 361 g/mol. The van der Waals surface area contributed by atoms with Crippen molar-refractivity contribution in [3.63, 3.8) is 0 Å². The van der Waals surface area contributed by atoms with Gasteiger partial charge in [0.15, 0.2) is 0 Å². The zero-order chi connectivity index (χ0) is 18.6. The van der Waals surface area contributed by atoms with Crippen LogP contribution in [0.15, 0.2) is 48.5 Å². The number of anilines is 1. The molecule has 3 aromatic rings. The number of carbonyl (C=O) groups is 2. The molecule has 6 heteroatoms. The lowest BCUT2D eigenvalue weighted by Gasteiger charge is -2.38. The molecule has 3 heterocycles. The van der Waals surface area contributed by atoms with Gasteiger partial charge in [-0.2, -0.15) is 0 Å². The van der Waals surface area contributed by atoms with Crippen molar-refractivity contribution in [1.29, 1.82) is 0 Å². The van der Waals surface area contributed by atoms with E-state index in [4.69, 9.17) is 4.74 Å². The molecule has 2 aliphatic heterocycles. The molecule has 5 rings (SSSR count). The Kier molecular flexibility index (Phi) is 3.31. The third kappa shape index (κ3) is 2.33. The van der Waals surface area contributed by atoms with Crippen molar-refractivity contribution in [2.75, 3.05) is 11.9 Å². The highest BCUT2D eigenvalue weighted by Gasteiger charge is 2.49. The van der Waals surface area contributed by atoms with Gasteiger partial charge in [-0.25, -0.2) is 0 Å². The summed E-state index contributed by atoms with van der Waals surface area (Å²) in [6.45, 7) is 2.56. The predicted octanol–water partition coefficient (Wildman–Crippen LogP) is 2.84. The zero-order valence-electron chi connectivity index (χ0n) is 14.9. The molecule has 136 valence electrons. The molecule has 0 radical (unpaired) electrons. The Balaban J connectivity index is 1.47. The normalized spacial score (nSPS) is 21.2. The number of rotatable bonds is 1. The standard InChI is InChI=1S/C21H19N3O3/c1-21(19(25)23-17-8-4-5-9-18(17)27-21)20(26)24-11-10-16-14(12-24)13-6-2-3-7-15(13)22-16/h2-9,22H,10-12H2,1H3,(H,23,25). The summed E-state index contributed by atoms with van der Waals surface area (Å²) in [5.41, 5.74) is 2.36. The van der Waals surface area contributed by atoms with Crippen molar-refractivity contribution in [1.82, 2.24) is 9.88 Å². The predicted molar refractivity (Wildman–Crippen MR) is 102 cm³/mol. The fraction of sp³-hybridized carbons (Fsp3) is 0.238. The Morgan fingerprint density at radius 1 is 1.15 bits per heavy atom. The van der Waals surface area contributed by atoms with E-state index in [1.54, 1.807) is 24.0 Å². The van der Waals surface area contributed by atoms with E-state index in [-0.39, 0.29) is 5.91 Å². The van der Waals surface area contributed by atoms with E-state index in [0.717, 1.165) is 28.6 Å². The Morgan fingerprint density at radius 3 is 2.81 bits per heavy atom. The molecule has 0 spiro atoms. The van der Waals surface area contributed by atoms with Crippen LogP contribution in [0.5, 0.6) is 5.75 Å². The van der Waals surface area contributed by atoms with Crippen molar-refractivity contribution in [3.8, 4) is 5.75 Å². The number of nitrogens with one attached hydrogen (secondary N) is 2. The maximum absolute atomic E-state index is 13.3. The minimum atomic E-state index is -1.57. The van der Waals surface area contributed by atoms with Crippen molar-refractivity contribution in [2.24, 2.45) is 0 Å². The first-order valence-corrected chi connectivity index (χ1v) is 9.03. The molecule has 0 fully saturated rings. The van der Waals surface area contributed by atoms with Crippen LogP contribution in [0, 0.1) is 0 Å². The van der Waals surface area contributed by atoms with Crippen LogP contribution < -0.4 is 10.1 Å². The summed E-state index contributed by atoms with van der Waals surface area (Å²) in [6.07, 6.45) is 0.726. The second-order valence-corrected chi connectivity index (χ2v) is 7.19. The van der Waals surface area contributed by atoms with E-state index in [1.807, 2.05) is 30.3 Å². The fourth-order valence-corrected chi connectivity index (χ4v) is 3.95. The van der Waals surface area contributed by atoms with E-state index in [1.165, 1.54) is 0 Å². The van der Waals surface area contributed by atoms with Gasteiger partial charge >= 0.3 is 0 Å². The van der Waals surface area contributed by atoms with Gasteiger partial charge in [-0.05, 0) is 25.1 Å². The Labute approximate surface area is 156 Å². The number of amides is 2. The van der Waals surface area contributed by atoms with Gasteiger partial charge in [0.1, 0.15) is 5.75 Å². The van der Waals surface area contributed by atoms with Crippen LogP contribution in [0.4, 0.5) is 5.69 Å². The molecule has 1 aromatic heterocycles. The molecule has 1 unspecified atom stereocenters. The first kappa shape index (κ1) is 15.9.